The lowest BCUT2D eigenvalue weighted by Gasteiger charge is -2.13. The van der Waals surface area contributed by atoms with Crippen molar-refractivity contribution in [3.63, 3.8) is 0 Å². The molecule has 0 aliphatic heterocycles. The van der Waals surface area contributed by atoms with Gasteiger partial charge in [-0.05, 0) is 38.7 Å². The molecule has 3 atom stereocenters. The van der Waals surface area contributed by atoms with Crippen LogP contribution in [0.15, 0.2) is 29.2 Å². The fourth-order valence-corrected chi connectivity index (χ4v) is 3.38. The van der Waals surface area contributed by atoms with Gasteiger partial charge in [0, 0.05) is 18.3 Å². The molecular weight excluding hydrogens is 306 g/mol. The molecule has 3 aromatic rings. The summed E-state index contributed by atoms with van der Waals surface area (Å²) in [4.78, 5) is 8.77. The second-order valence-corrected chi connectivity index (χ2v) is 6.42. The lowest BCUT2D eigenvalue weighted by molar-refractivity contribution is 0.149. The van der Waals surface area contributed by atoms with Crippen molar-refractivity contribution < 1.29 is 9.63 Å². The van der Waals surface area contributed by atoms with Crippen molar-refractivity contribution in [2.75, 3.05) is 5.32 Å². The first kappa shape index (κ1) is 15.1. The van der Waals surface area contributed by atoms with Crippen LogP contribution in [0.4, 0.5) is 5.82 Å². The summed E-state index contributed by atoms with van der Waals surface area (Å²) in [5.41, 5.74) is 1.70. The second-order valence-electron chi connectivity index (χ2n) is 6.42. The Balaban J connectivity index is 1.59. The molecule has 0 saturated heterocycles. The summed E-state index contributed by atoms with van der Waals surface area (Å²) >= 11 is 0. The van der Waals surface area contributed by atoms with Crippen LogP contribution in [0.25, 0.3) is 11.0 Å². The molecule has 1 radical (unpaired) electrons. The molecule has 1 fully saturated rings. The number of aliphatic hydroxyl groups excluding tert-OH is 1. The maximum absolute atomic E-state index is 9.97. The number of hydrogen-bond acceptors (Lipinski definition) is 6. The summed E-state index contributed by atoms with van der Waals surface area (Å²) in [5.74, 6) is 1.62. The molecule has 1 saturated carbocycles. The van der Waals surface area contributed by atoms with E-state index in [-0.39, 0.29) is 18.1 Å². The Labute approximate surface area is 139 Å². The van der Waals surface area contributed by atoms with Crippen LogP contribution in [0, 0.1) is 19.8 Å². The summed E-state index contributed by atoms with van der Waals surface area (Å²) < 4.78 is 7.20. The van der Waals surface area contributed by atoms with Crippen LogP contribution in [-0.4, -0.2) is 30.9 Å². The molecule has 3 heterocycles. The highest BCUT2D eigenvalue weighted by atomic mass is 16.5. The third kappa shape index (κ3) is 2.65. The van der Waals surface area contributed by atoms with Crippen molar-refractivity contribution in [1.29, 1.82) is 0 Å². The van der Waals surface area contributed by atoms with Crippen LogP contribution in [0.2, 0.25) is 0 Å². The Kier molecular flexibility index (Phi) is 3.72. The number of nitrogens with one attached hydrogen (secondary N) is 1. The summed E-state index contributed by atoms with van der Waals surface area (Å²) in [6.45, 7) is 6.42. The first-order chi connectivity index (χ1) is 11.6. The lowest BCUT2D eigenvalue weighted by atomic mass is 10.1. The molecule has 3 aromatic heterocycles. The van der Waals surface area contributed by atoms with Crippen LogP contribution in [0.5, 0.6) is 0 Å². The molecule has 1 aliphatic carbocycles. The van der Waals surface area contributed by atoms with E-state index in [1.807, 2.05) is 25.3 Å². The van der Waals surface area contributed by atoms with Crippen LogP contribution in [0.3, 0.4) is 0 Å². The number of aryl methyl sites for hydroxylation is 1. The van der Waals surface area contributed by atoms with Crippen molar-refractivity contribution in [3.05, 3.63) is 43.0 Å². The minimum atomic E-state index is -0.345. The zero-order valence-electron chi connectivity index (χ0n) is 13.5. The Bertz CT molecular complexity index is 846. The maximum atomic E-state index is 9.97. The van der Waals surface area contributed by atoms with Crippen LogP contribution >= 0.6 is 0 Å². The van der Waals surface area contributed by atoms with E-state index in [1.54, 1.807) is 6.33 Å². The predicted octanol–water partition coefficient (Wildman–Crippen LogP) is 2.49. The van der Waals surface area contributed by atoms with Crippen LogP contribution in [-0.2, 0) is 6.54 Å². The van der Waals surface area contributed by atoms with Gasteiger partial charge in [0.25, 0.3) is 0 Å². The zero-order valence-corrected chi connectivity index (χ0v) is 13.5. The van der Waals surface area contributed by atoms with Crippen molar-refractivity contribution in [3.8, 4) is 0 Å². The van der Waals surface area contributed by atoms with Gasteiger partial charge in [-0.1, -0.05) is 5.16 Å². The van der Waals surface area contributed by atoms with Gasteiger partial charge in [-0.25, -0.2) is 9.97 Å². The van der Waals surface area contributed by atoms with E-state index in [4.69, 9.17) is 4.52 Å². The van der Waals surface area contributed by atoms with E-state index < -0.39 is 0 Å². The second kappa shape index (κ2) is 5.90. The zero-order chi connectivity index (χ0) is 16.7. The molecule has 0 amide bonds. The van der Waals surface area contributed by atoms with E-state index in [0.717, 1.165) is 34.7 Å². The number of aliphatic hydroxyl groups is 1. The van der Waals surface area contributed by atoms with Gasteiger partial charge in [0.1, 0.15) is 29.2 Å². The molecule has 1 aliphatic rings. The summed E-state index contributed by atoms with van der Waals surface area (Å²) in [6, 6.07) is 4.13. The third-order valence-electron chi connectivity index (χ3n) is 4.65. The van der Waals surface area contributed by atoms with E-state index in [2.05, 4.69) is 31.9 Å². The van der Waals surface area contributed by atoms with Crippen molar-refractivity contribution in [2.45, 2.75) is 38.5 Å². The Hall–Kier alpha value is -2.41. The highest BCUT2D eigenvalue weighted by Gasteiger charge is 2.31. The molecule has 24 heavy (non-hydrogen) atoms. The highest BCUT2D eigenvalue weighted by Crippen LogP contribution is 2.36. The Morgan fingerprint density at radius 3 is 3.00 bits per heavy atom. The molecular formula is C17H20N5O2. The van der Waals surface area contributed by atoms with Gasteiger partial charge in [-0.2, -0.15) is 0 Å². The number of anilines is 1. The third-order valence-corrected chi connectivity index (χ3v) is 4.65. The first-order valence-corrected chi connectivity index (χ1v) is 8.10. The standard InChI is InChI=1S/C17H20N5O2/c1-10-5-13(7-15(10)23)22-4-3-14-16(19-9-20-17(14)22)18-8-12-6-11(2)24-21-12/h3-4,6,9-10,13,15,23H,1,5,7-8H2,2H3,(H,18,19,20)/t10-,13+,15-/m0/s1. The lowest BCUT2D eigenvalue weighted by Crippen LogP contribution is -2.09. The van der Waals surface area contributed by atoms with Crippen LogP contribution < -0.4 is 5.32 Å². The Morgan fingerprint density at radius 1 is 1.42 bits per heavy atom. The summed E-state index contributed by atoms with van der Waals surface area (Å²) in [7, 11) is 0. The van der Waals surface area contributed by atoms with Gasteiger partial charge in [0.2, 0.25) is 0 Å². The molecule has 4 rings (SSSR count). The van der Waals surface area contributed by atoms with Gasteiger partial charge in [-0.15, -0.1) is 0 Å². The first-order valence-electron chi connectivity index (χ1n) is 8.10. The van der Waals surface area contributed by atoms with E-state index in [1.165, 1.54) is 0 Å². The molecule has 0 spiro atoms. The number of aromatic nitrogens is 4. The molecule has 7 nitrogen and oxygen atoms in total. The van der Waals surface area contributed by atoms with Crippen molar-refractivity contribution in [1.82, 2.24) is 19.7 Å². The van der Waals surface area contributed by atoms with Crippen LogP contribution in [0.1, 0.15) is 30.3 Å². The predicted molar refractivity (Wildman–Crippen MR) is 89.2 cm³/mol. The normalized spacial score (nSPS) is 23.9. The number of nitrogens with zero attached hydrogens (tertiary/aromatic N) is 4. The maximum Gasteiger partial charge on any atom is 0.145 e. The van der Waals surface area contributed by atoms with Gasteiger partial charge in [0.05, 0.1) is 18.0 Å². The molecule has 125 valence electrons. The Morgan fingerprint density at radius 2 is 2.29 bits per heavy atom. The van der Waals surface area contributed by atoms with Gasteiger partial charge in [0.15, 0.2) is 0 Å². The van der Waals surface area contributed by atoms with Crippen molar-refractivity contribution in [2.24, 2.45) is 5.92 Å². The molecule has 2 N–H and O–H groups in total. The minimum absolute atomic E-state index is 0.0716. The fourth-order valence-electron chi connectivity index (χ4n) is 3.38. The minimum Gasteiger partial charge on any atom is -0.393 e. The van der Waals surface area contributed by atoms with E-state index >= 15 is 0 Å². The average molecular weight is 326 g/mol. The molecule has 0 bridgehead atoms. The molecule has 0 aromatic carbocycles. The summed E-state index contributed by atoms with van der Waals surface area (Å²) in [6.07, 6.45) is 4.80. The smallest absolute Gasteiger partial charge is 0.145 e. The van der Waals surface area contributed by atoms with Crippen molar-refractivity contribution >= 4 is 16.9 Å². The van der Waals surface area contributed by atoms with Gasteiger partial charge >= 0.3 is 0 Å². The number of rotatable bonds is 4. The SMILES string of the molecule is [CH2][C@H]1C[C@@H](n2ccc3c(NCc4cc(C)on4)ncnc32)C[C@@H]1O. The topological polar surface area (TPSA) is 89.0 Å². The van der Waals surface area contributed by atoms with E-state index in [9.17, 15) is 5.11 Å². The summed E-state index contributed by atoms with van der Waals surface area (Å²) in [5, 5.41) is 18.2. The quantitative estimate of drug-likeness (QED) is 0.766. The number of hydrogen-bond donors (Lipinski definition) is 2. The fraction of sp³-hybridized carbons (Fsp3) is 0.412. The van der Waals surface area contributed by atoms with Gasteiger partial charge < -0.3 is 19.5 Å². The van der Waals surface area contributed by atoms with E-state index in [0.29, 0.717) is 13.0 Å². The largest absolute Gasteiger partial charge is 0.393 e. The molecule has 0 unspecified atom stereocenters. The highest BCUT2D eigenvalue weighted by molar-refractivity contribution is 5.87. The monoisotopic (exact) mass is 326 g/mol. The molecule has 7 heteroatoms. The number of fused-ring (bicyclic) bond motifs is 1. The average Bonchev–Trinajstić information content (AvgIpc) is 3.25. The van der Waals surface area contributed by atoms with Gasteiger partial charge in [-0.3, -0.25) is 0 Å².